The van der Waals surface area contributed by atoms with Crippen LogP contribution in [0.25, 0.3) is 26.7 Å². The number of aromatic nitrogens is 2. The highest BCUT2D eigenvalue weighted by atomic mass is 16.4. The summed E-state index contributed by atoms with van der Waals surface area (Å²) in [5.41, 5.74) is 1.68. The van der Waals surface area contributed by atoms with Gasteiger partial charge in [0, 0.05) is 5.39 Å². The van der Waals surface area contributed by atoms with E-state index in [9.17, 15) is 9.90 Å². The van der Waals surface area contributed by atoms with Crippen molar-refractivity contribution in [1.82, 2.24) is 9.55 Å². The zero-order valence-electron chi connectivity index (χ0n) is 13.2. The number of hydrogen-bond donors (Lipinski definition) is 1. The average Bonchev–Trinajstić information content (AvgIpc) is 3.00. The summed E-state index contributed by atoms with van der Waals surface area (Å²) < 4.78 is 1.66. The van der Waals surface area contributed by atoms with Crippen molar-refractivity contribution in [3.8, 4) is 0 Å². The van der Waals surface area contributed by atoms with Crippen molar-refractivity contribution in [2.45, 2.75) is 6.54 Å². The monoisotopic (exact) mass is 327 g/mol. The third-order valence-corrected chi connectivity index (χ3v) is 4.27. The van der Waals surface area contributed by atoms with Crippen LogP contribution >= 0.6 is 0 Å². The zero-order chi connectivity index (χ0) is 17.4. The van der Waals surface area contributed by atoms with E-state index in [0.717, 1.165) is 16.3 Å². The maximum absolute atomic E-state index is 11.7. The molecule has 4 rings (SSSR count). The van der Waals surface area contributed by atoms with E-state index in [2.05, 4.69) is 9.83 Å². The maximum Gasteiger partial charge on any atom is 0.352 e. The molecule has 120 valence electrons. The van der Waals surface area contributed by atoms with Crippen LogP contribution in [0, 0.1) is 6.57 Å². The fourth-order valence-corrected chi connectivity index (χ4v) is 3.12. The molecule has 0 aliphatic heterocycles. The van der Waals surface area contributed by atoms with Crippen LogP contribution in [0.1, 0.15) is 16.1 Å². The largest absolute Gasteiger partial charge is 0.477 e. The van der Waals surface area contributed by atoms with Crippen LogP contribution in [0.15, 0.2) is 60.7 Å². The summed E-state index contributed by atoms with van der Waals surface area (Å²) in [4.78, 5) is 19.4. The number of carbonyl (C=O) groups is 1. The number of pyridine rings is 1. The van der Waals surface area contributed by atoms with Crippen molar-refractivity contribution in [1.29, 1.82) is 0 Å². The van der Waals surface area contributed by atoms with Crippen molar-refractivity contribution < 1.29 is 9.90 Å². The molecule has 5 nitrogen and oxygen atoms in total. The van der Waals surface area contributed by atoms with Gasteiger partial charge in [-0.05, 0) is 28.5 Å². The SMILES string of the molecule is [C-]#[N+]c1ccc2cc(C(=O)O)n(Cc3cccc4ccccc34)c2n1. The van der Waals surface area contributed by atoms with Gasteiger partial charge in [0.05, 0.1) is 6.54 Å². The van der Waals surface area contributed by atoms with Gasteiger partial charge in [-0.2, -0.15) is 0 Å². The Morgan fingerprint density at radius 2 is 1.88 bits per heavy atom. The van der Waals surface area contributed by atoms with E-state index in [-0.39, 0.29) is 11.5 Å². The quantitative estimate of drug-likeness (QED) is 0.564. The first-order valence-electron chi connectivity index (χ1n) is 7.75. The zero-order valence-corrected chi connectivity index (χ0v) is 13.2. The van der Waals surface area contributed by atoms with Gasteiger partial charge in [-0.15, -0.1) is 4.98 Å². The molecule has 0 atom stereocenters. The molecule has 2 aromatic heterocycles. The predicted molar refractivity (Wildman–Crippen MR) is 96.0 cm³/mol. The van der Waals surface area contributed by atoms with Gasteiger partial charge in [0.2, 0.25) is 5.65 Å². The Hall–Kier alpha value is -3.65. The Morgan fingerprint density at radius 1 is 1.08 bits per heavy atom. The molecule has 0 unspecified atom stereocenters. The lowest BCUT2D eigenvalue weighted by Gasteiger charge is -2.09. The highest BCUT2D eigenvalue weighted by Gasteiger charge is 2.19. The Balaban J connectivity index is 1.94. The number of benzene rings is 2. The Morgan fingerprint density at radius 3 is 2.68 bits per heavy atom. The van der Waals surface area contributed by atoms with Crippen molar-refractivity contribution in [3.63, 3.8) is 0 Å². The summed E-state index contributed by atoms with van der Waals surface area (Å²) in [5.74, 6) is -0.760. The molecule has 0 saturated carbocycles. The summed E-state index contributed by atoms with van der Waals surface area (Å²) >= 11 is 0. The van der Waals surface area contributed by atoms with Crippen molar-refractivity contribution >= 4 is 33.6 Å². The maximum atomic E-state index is 11.7. The molecule has 0 saturated heterocycles. The number of fused-ring (bicyclic) bond motifs is 2. The first-order valence-corrected chi connectivity index (χ1v) is 7.75. The second-order valence-corrected chi connectivity index (χ2v) is 5.75. The molecule has 0 aliphatic carbocycles. The van der Waals surface area contributed by atoms with Gasteiger partial charge in [0.25, 0.3) is 5.82 Å². The van der Waals surface area contributed by atoms with Crippen LogP contribution in [0.4, 0.5) is 5.82 Å². The molecule has 5 heteroatoms. The molecule has 0 spiro atoms. The summed E-state index contributed by atoms with van der Waals surface area (Å²) in [6, 6.07) is 18.9. The summed E-state index contributed by atoms with van der Waals surface area (Å²) in [5, 5.41) is 12.5. The molecule has 1 N–H and O–H groups in total. The van der Waals surface area contributed by atoms with Crippen LogP contribution < -0.4 is 0 Å². The highest BCUT2D eigenvalue weighted by Crippen LogP contribution is 2.25. The van der Waals surface area contributed by atoms with Crippen molar-refractivity contribution in [2.24, 2.45) is 0 Å². The number of rotatable bonds is 3. The lowest BCUT2D eigenvalue weighted by atomic mass is 10.0. The van der Waals surface area contributed by atoms with E-state index in [1.165, 1.54) is 0 Å². The molecule has 25 heavy (non-hydrogen) atoms. The minimum absolute atomic E-state index is 0.164. The Labute approximate surface area is 143 Å². The fourth-order valence-electron chi connectivity index (χ4n) is 3.12. The number of hydrogen-bond acceptors (Lipinski definition) is 2. The van der Waals surface area contributed by atoms with Gasteiger partial charge in [-0.1, -0.05) is 55.1 Å². The normalized spacial score (nSPS) is 10.8. The van der Waals surface area contributed by atoms with Gasteiger partial charge < -0.3 is 9.95 Å². The molecule has 0 bridgehead atoms. The molecule has 0 aliphatic rings. The minimum Gasteiger partial charge on any atom is -0.477 e. The molecule has 0 amide bonds. The smallest absolute Gasteiger partial charge is 0.352 e. The number of carboxylic acids is 1. The molecule has 4 aromatic rings. The fraction of sp³-hybridized carbons (Fsp3) is 0.0500. The predicted octanol–water partition coefficient (Wildman–Crippen LogP) is 4.49. The summed E-state index contributed by atoms with van der Waals surface area (Å²) in [7, 11) is 0. The van der Waals surface area contributed by atoms with Crippen molar-refractivity contribution in [3.05, 3.63) is 83.3 Å². The van der Waals surface area contributed by atoms with Gasteiger partial charge in [-0.25, -0.2) is 4.79 Å². The lowest BCUT2D eigenvalue weighted by Crippen LogP contribution is -2.10. The van der Waals surface area contributed by atoms with E-state index in [4.69, 9.17) is 6.57 Å². The standard InChI is InChI=1S/C20H13N3O2/c1-21-18-10-9-14-11-17(20(24)25)23(19(14)22-18)12-15-7-4-6-13-5-2-3-8-16(13)15/h2-11H,12H2,(H,24,25). The minimum atomic E-state index is -1.01. The van der Waals surface area contributed by atoms with E-state index in [1.807, 2.05) is 42.5 Å². The highest BCUT2D eigenvalue weighted by molar-refractivity contribution is 5.94. The van der Waals surface area contributed by atoms with Crippen molar-refractivity contribution in [2.75, 3.05) is 0 Å². The van der Waals surface area contributed by atoms with Crippen LogP contribution in [0.2, 0.25) is 0 Å². The molecular weight excluding hydrogens is 314 g/mol. The van der Waals surface area contributed by atoms with E-state index < -0.39 is 5.97 Å². The topological polar surface area (TPSA) is 59.5 Å². The third-order valence-electron chi connectivity index (χ3n) is 4.27. The van der Waals surface area contributed by atoms with Gasteiger partial charge in [-0.3, -0.25) is 4.57 Å². The average molecular weight is 327 g/mol. The number of nitrogens with zero attached hydrogens (tertiary/aromatic N) is 3. The van der Waals surface area contributed by atoms with Crippen LogP contribution in [-0.2, 0) is 6.54 Å². The molecule has 0 radical (unpaired) electrons. The number of carboxylic acid groups (broad SMARTS) is 1. The second kappa shape index (κ2) is 5.77. The van der Waals surface area contributed by atoms with Crippen LogP contribution in [0.5, 0.6) is 0 Å². The van der Waals surface area contributed by atoms with Crippen LogP contribution in [-0.4, -0.2) is 20.6 Å². The van der Waals surface area contributed by atoms with Gasteiger partial charge >= 0.3 is 5.97 Å². The Bertz CT molecular complexity index is 1160. The molecular formula is C20H13N3O2. The second-order valence-electron chi connectivity index (χ2n) is 5.75. The first kappa shape index (κ1) is 14.9. The Kier molecular flexibility index (Phi) is 3.44. The summed E-state index contributed by atoms with van der Waals surface area (Å²) in [6.45, 7) is 7.52. The van der Waals surface area contributed by atoms with E-state index >= 15 is 0 Å². The van der Waals surface area contributed by atoms with E-state index in [0.29, 0.717) is 17.6 Å². The first-order chi connectivity index (χ1) is 12.2. The van der Waals surface area contributed by atoms with Gasteiger partial charge in [0.1, 0.15) is 5.69 Å². The molecule has 2 heterocycles. The summed E-state index contributed by atoms with van der Waals surface area (Å²) in [6.07, 6.45) is 0. The molecule has 2 aromatic carbocycles. The lowest BCUT2D eigenvalue weighted by molar-refractivity contribution is 0.0686. The number of aromatic carboxylic acids is 1. The molecule has 0 fully saturated rings. The third kappa shape index (κ3) is 2.50. The van der Waals surface area contributed by atoms with Gasteiger partial charge in [0.15, 0.2) is 0 Å². The van der Waals surface area contributed by atoms with Crippen LogP contribution in [0.3, 0.4) is 0 Å². The van der Waals surface area contributed by atoms with E-state index in [1.54, 1.807) is 22.8 Å².